The van der Waals surface area contributed by atoms with Crippen LogP contribution in [-0.2, 0) is 38.2 Å². The number of esters is 3. The molecule has 0 amide bonds. The molecule has 0 aromatic heterocycles. The topological polar surface area (TPSA) is 154 Å². The van der Waals surface area contributed by atoms with Crippen molar-refractivity contribution in [1.82, 2.24) is 0 Å². The second-order valence-electron chi connectivity index (χ2n) is 6.49. The quantitative estimate of drug-likeness (QED) is 0.208. The van der Waals surface area contributed by atoms with E-state index >= 15 is 0 Å². The Morgan fingerprint density at radius 1 is 0.618 bits per heavy atom. The van der Waals surface area contributed by atoms with Crippen molar-refractivity contribution in [2.45, 2.75) is 85.7 Å². The zero-order valence-corrected chi connectivity index (χ0v) is 20.9. The molecule has 0 saturated carbocycles. The minimum absolute atomic E-state index is 0.115. The van der Waals surface area contributed by atoms with E-state index in [0.29, 0.717) is 0 Å². The minimum Gasteiger partial charge on any atom is -0.481 e. The fourth-order valence-electron chi connectivity index (χ4n) is 1.62. The number of allylic oxidation sites excluding steroid dienone is 2. The predicted molar refractivity (Wildman–Crippen MR) is 126 cm³/mol. The summed E-state index contributed by atoms with van der Waals surface area (Å²) in [5.74, 6) is -2.77. The molecule has 1 unspecified atom stereocenters. The first kappa shape index (κ1) is 35.4. The van der Waals surface area contributed by atoms with Crippen LogP contribution in [0.15, 0.2) is 24.3 Å². The summed E-state index contributed by atoms with van der Waals surface area (Å²) >= 11 is 0. The number of aliphatic carboxylic acids is 2. The van der Waals surface area contributed by atoms with Crippen LogP contribution < -0.4 is 0 Å². The third kappa shape index (κ3) is 31.0. The van der Waals surface area contributed by atoms with Crippen LogP contribution in [0.5, 0.6) is 0 Å². The van der Waals surface area contributed by atoms with E-state index in [2.05, 4.69) is 0 Å². The first-order valence-electron chi connectivity index (χ1n) is 11.3. The van der Waals surface area contributed by atoms with Crippen molar-refractivity contribution in [3.63, 3.8) is 0 Å². The molecule has 0 saturated heterocycles. The highest BCUT2D eigenvalue weighted by Crippen LogP contribution is 2.01. The molecule has 0 aliphatic rings. The van der Waals surface area contributed by atoms with Gasteiger partial charge in [-0.25, -0.2) is 0 Å². The van der Waals surface area contributed by atoms with Gasteiger partial charge in [0.2, 0.25) is 0 Å². The van der Waals surface area contributed by atoms with Gasteiger partial charge in [-0.15, -0.1) is 0 Å². The lowest BCUT2D eigenvalue weighted by Crippen LogP contribution is -2.30. The molecule has 196 valence electrons. The maximum Gasteiger partial charge on any atom is 0.309 e. The first-order valence-corrected chi connectivity index (χ1v) is 11.3. The Labute approximate surface area is 202 Å². The Kier molecular flexibility index (Phi) is 27.2. The Morgan fingerprint density at radius 3 is 1.44 bits per heavy atom. The number of ether oxygens (including phenoxy) is 3. The Hall–Kier alpha value is -3.17. The minimum atomic E-state index is -0.771. The standard InChI is InChI=1S/C15H24O6.C6H10O2.C3H6O2/c1-4-7-8-9-15(18)20-11-12(21-14(17)6-3)10-19-13(16)5-2;1-2-3-4-5-6(7)8;1-2-3(4)5/h7-8,12H,4-6,9-11H2,1-3H3;3-4H,2,5H2,1H3,(H,7,8);2H2,1H3,(H,4,5)/b8-7+;4-3+;. The molecule has 0 aliphatic heterocycles. The van der Waals surface area contributed by atoms with Crippen molar-refractivity contribution in [3.8, 4) is 0 Å². The first-order chi connectivity index (χ1) is 16.1. The van der Waals surface area contributed by atoms with Gasteiger partial charge in [0.25, 0.3) is 0 Å². The fourth-order valence-corrected chi connectivity index (χ4v) is 1.62. The number of hydrogen-bond donors (Lipinski definition) is 2. The highest BCUT2D eigenvalue weighted by atomic mass is 16.6. The van der Waals surface area contributed by atoms with Crippen molar-refractivity contribution in [2.24, 2.45) is 0 Å². The van der Waals surface area contributed by atoms with E-state index in [1.54, 1.807) is 32.9 Å². The number of rotatable bonds is 14. The van der Waals surface area contributed by atoms with Crippen molar-refractivity contribution >= 4 is 29.8 Å². The summed E-state index contributed by atoms with van der Waals surface area (Å²) in [5, 5.41) is 15.8. The van der Waals surface area contributed by atoms with Gasteiger partial charge in [-0.3, -0.25) is 24.0 Å². The van der Waals surface area contributed by atoms with Gasteiger partial charge in [0, 0.05) is 19.3 Å². The molecule has 2 N–H and O–H groups in total. The summed E-state index contributed by atoms with van der Waals surface area (Å²) in [7, 11) is 0. The molecule has 0 aliphatic carbocycles. The zero-order chi connectivity index (χ0) is 26.8. The SMILES string of the molecule is CC/C=C/CC(=O)O.CC/C=C/CC(=O)OCC(COC(=O)CC)OC(=O)CC.CCC(=O)O. The summed E-state index contributed by atoms with van der Waals surface area (Å²) in [6.07, 6.45) is 9.02. The highest BCUT2D eigenvalue weighted by Gasteiger charge is 2.18. The predicted octanol–water partition coefficient (Wildman–Crippen LogP) is 4.07. The monoisotopic (exact) mass is 488 g/mol. The van der Waals surface area contributed by atoms with E-state index < -0.39 is 36.0 Å². The van der Waals surface area contributed by atoms with E-state index in [1.165, 1.54) is 0 Å². The maximum absolute atomic E-state index is 11.5. The summed E-state index contributed by atoms with van der Waals surface area (Å²) < 4.78 is 15.0. The number of carboxylic acids is 2. The molecule has 0 bridgehead atoms. The van der Waals surface area contributed by atoms with Gasteiger partial charge < -0.3 is 24.4 Å². The van der Waals surface area contributed by atoms with Gasteiger partial charge in [-0.2, -0.15) is 0 Å². The van der Waals surface area contributed by atoms with E-state index in [0.717, 1.165) is 12.8 Å². The Balaban J connectivity index is -0.000000603. The van der Waals surface area contributed by atoms with Gasteiger partial charge >= 0.3 is 29.8 Å². The van der Waals surface area contributed by atoms with E-state index in [1.807, 2.05) is 26.0 Å². The third-order valence-corrected chi connectivity index (χ3v) is 3.42. The highest BCUT2D eigenvalue weighted by molar-refractivity contribution is 5.71. The molecular formula is C24H40O10. The van der Waals surface area contributed by atoms with Crippen LogP contribution >= 0.6 is 0 Å². The molecular weight excluding hydrogens is 448 g/mol. The second kappa shape index (κ2) is 26.1. The molecule has 0 aromatic rings. The summed E-state index contributed by atoms with van der Waals surface area (Å²) in [6.45, 7) is 8.61. The van der Waals surface area contributed by atoms with Crippen molar-refractivity contribution < 1.29 is 48.4 Å². The van der Waals surface area contributed by atoms with Crippen molar-refractivity contribution in [3.05, 3.63) is 24.3 Å². The average molecular weight is 489 g/mol. The van der Waals surface area contributed by atoms with Crippen molar-refractivity contribution in [2.75, 3.05) is 13.2 Å². The van der Waals surface area contributed by atoms with Gasteiger partial charge in [0.15, 0.2) is 6.10 Å². The molecule has 10 nitrogen and oxygen atoms in total. The number of carbonyl (C=O) groups excluding carboxylic acids is 3. The summed E-state index contributed by atoms with van der Waals surface area (Å²) in [5.41, 5.74) is 0. The molecule has 1 atom stereocenters. The average Bonchev–Trinajstić information content (AvgIpc) is 2.81. The molecule has 0 fully saturated rings. The lowest BCUT2D eigenvalue weighted by Gasteiger charge is -2.17. The molecule has 0 radical (unpaired) electrons. The second-order valence-corrected chi connectivity index (χ2v) is 6.49. The van der Waals surface area contributed by atoms with Crippen LogP contribution in [-0.4, -0.2) is 59.4 Å². The van der Waals surface area contributed by atoms with Crippen molar-refractivity contribution in [1.29, 1.82) is 0 Å². The smallest absolute Gasteiger partial charge is 0.309 e. The molecule has 10 heteroatoms. The van der Waals surface area contributed by atoms with Crippen LogP contribution in [0.1, 0.15) is 79.6 Å². The third-order valence-electron chi connectivity index (χ3n) is 3.42. The normalized spacial score (nSPS) is 10.9. The number of carbonyl (C=O) groups is 5. The number of carboxylic acid groups (broad SMARTS) is 2. The lowest BCUT2D eigenvalue weighted by molar-refractivity contribution is -0.166. The van der Waals surface area contributed by atoms with E-state index in [9.17, 15) is 24.0 Å². The zero-order valence-electron chi connectivity index (χ0n) is 20.9. The maximum atomic E-state index is 11.5. The Morgan fingerprint density at radius 2 is 1.06 bits per heavy atom. The van der Waals surface area contributed by atoms with Gasteiger partial charge in [-0.05, 0) is 12.8 Å². The number of hydrogen-bond acceptors (Lipinski definition) is 8. The largest absolute Gasteiger partial charge is 0.481 e. The molecule has 0 aromatic carbocycles. The van der Waals surface area contributed by atoms with Crippen LogP contribution in [0, 0.1) is 0 Å². The summed E-state index contributed by atoms with van der Waals surface area (Å²) in [4.78, 5) is 53.0. The van der Waals surface area contributed by atoms with Gasteiger partial charge in [0.1, 0.15) is 13.2 Å². The van der Waals surface area contributed by atoms with Crippen LogP contribution in [0.3, 0.4) is 0 Å². The van der Waals surface area contributed by atoms with E-state index in [-0.39, 0.29) is 45.3 Å². The lowest BCUT2D eigenvalue weighted by atomic mass is 10.3. The van der Waals surface area contributed by atoms with Gasteiger partial charge in [-0.1, -0.05) is 58.9 Å². The molecule has 0 rings (SSSR count). The fraction of sp³-hybridized carbons (Fsp3) is 0.625. The van der Waals surface area contributed by atoms with Crippen LogP contribution in [0.2, 0.25) is 0 Å². The molecule has 0 spiro atoms. The van der Waals surface area contributed by atoms with Crippen LogP contribution in [0.25, 0.3) is 0 Å². The van der Waals surface area contributed by atoms with Gasteiger partial charge in [0.05, 0.1) is 12.8 Å². The molecule has 34 heavy (non-hydrogen) atoms. The Bertz CT molecular complexity index is 638. The van der Waals surface area contributed by atoms with Crippen LogP contribution in [0.4, 0.5) is 0 Å². The van der Waals surface area contributed by atoms with E-state index in [4.69, 9.17) is 24.4 Å². The molecule has 0 heterocycles. The summed E-state index contributed by atoms with van der Waals surface area (Å²) in [6, 6.07) is 0.